The van der Waals surface area contributed by atoms with Crippen molar-refractivity contribution in [2.45, 2.75) is 32.0 Å². The monoisotopic (exact) mass is 293 g/mol. The van der Waals surface area contributed by atoms with Gasteiger partial charge >= 0.3 is 6.18 Å². The van der Waals surface area contributed by atoms with E-state index in [4.69, 9.17) is 5.73 Å². The SMILES string of the molecule is CCCc1cccc(C(N)c2cccc(C(F)(F)F)c2)c1. The molecule has 112 valence electrons. The predicted octanol–water partition coefficient (Wildman–Crippen LogP) is 4.71. The topological polar surface area (TPSA) is 26.0 Å². The van der Waals surface area contributed by atoms with Crippen molar-refractivity contribution in [1.29, 1.82) is 0 Å². The van der Waals surface area contributed by atoms with Crippen molar-refractivity contribution in [2.75, 3.05) is 0 Å². The number of alkyl halides is 3. The molecule has 1 nitrogen and oxygen atoms in total. The second-order valence-electron chi connectivity index (χ2n) is 5.10. The molecule has 0 aliphatic rings. The highest BCUT2D eigenvalue weighted by molar-refractivity contribution is 5.36. The third-order valence-electron chi connectivity index (χ3n) is 3.42. The molecule has 4 heteroatoms. The molecule has 1 atom stereocenters. The summed E-state index contributed by atoms with van der Waals surface area (Å²) in [5.41, 5.74) is 7.91. The van der Waals surface area contributed by atoms with E-state index in [-0.39, 0.29) is 0 Å². The summed E-state index contributed by atoms with van der Waals surface area (Å²) in [6, 6.07) is 12.4. The summed E-state index contributed by atoms with van der Waals surface area (Å²) in [7, 11) is 0. The van der Waals surface area contributed by atoms with Crippen LogP contribution in [0.3, 0.4) is 0 Å². The van der Waals surface area contributed by atoms with Gasteiger partial charge in [-0.3, -0.25) is 0 Å². The minimum Gasteiger partial charge on any atom is -0.320 e. The zero-order valence-corrected chi connectivity index (χ0v) is 11.8. The smallest absolute Gasteiger partial charge is 0.320 e. The quantitative estimate of drug-likeness (QED) is 0.868. The Balaban J connectivity index is 2.31. The Kier molecular flexibility index (Phi) is 4.68. The fourth-order valence-corrected chi connectivity index (χ4v) is 2.33. The Morgan fingerprint density at radius 2 is 1.62 bits per heavy atom. The summed E-state index contributed by atoms with van der Waals surface area (Å²) in [6.07, 6.45) is -2.40. The van der Waals surface area contributed by atoms with Gasteiger partial charge in [0.05, 0.1) is 11.6 Å². The molecule has 0 aliphatic heterocycles. The molecule has 0 fully saturated rings. The first kappa shape index (κ1) is 15.6. The zero-order valence-electron chi connectivity index (χ0n) is 11.8. The molecule has 2 N–H and O–H groups in total. The average Bonchev–Trinajstić information content (AvgIpc) is 2.46. The van der Waals surface area contributed by atoms with Gasteiger partial charge in [0.25, 0.3) is 0 Å². The molecule has 21 heavy (non-hydrogen) atoms. The molecule has 0 aromatic heterocycles. The highest BCUT2D eigenvalue weighted by Gasteiger charge is 2.30. The van der Waals surface area contributed by atoms with Gasteiger partial charge in [0, 0.05) is 0 Å². The molecule has 2 rings (SSSR count). The van der Waals surface area contributed by atoms with E-state index < -0.39 is 17.8 Å². The van der Waals surface area contributed by atoms with E-state index in [0.717, 1.165) is 36.1 Å². The second-order valence-corrected chi connectivity index (χ2v) is 5.10. The third kappa shape index (κ3) is 3.85. The van der Waals surface area contributed by atoms with E-state index in [0.29, 0.717) is 5.56 Å². The first-order valence-corrected chi connectivity index (χ1v) is 6.93. The Morgan fingerprint density at radius 1 is 1.00 bits per heavy atom. The van der Waals surface area contributed by atoms with E-state index in [1.54, 1.807) is 6.07 Å². The number of hydrogen-bond acceptors (Lipinski definition) is 1. The van der Waals surface area contributed by atoms with Crippen LogP contribution >= 0.6 is 0 Å². The highest BCUT2D eigenvalue weighted by Crippen LogP contribution is 2.31. The van der Waals surface area contributed by atoms with Crippen molar-refractivity contribution in [2.24, 2.45) is 5.73 Å². The Hall–Kier alpha value is -1.81. The van der Waals surface area contributed by atoms with Gasteiger partial charge in [-0.25, -0.2) is 0 Å². The summed E-state index contributed by atoms with van der Waals surface area (Å²) in [4.78, 5) is 0. The fourth-order valence-electron chi connectivity index (χ4n) is 2.33. The molecule has 0 bridgehead atoms. The number of hydrogen-bond donors (Lipinski definition) is 1. The van der Waals surface area contributed by atoms with E-state index in [1.165, 1.54) is 6.07 Å². The predicted molar refractivity (Wildman–Crippen MR) is 77.9 cm³/mol. The van der Waals surface area contributed by atoms with Crippen LogP contribution in [0, 0.1) is 0 Å². The van der Waals surface area contributed by atoms with Gasteiger partial charge in [0.2, 0.25) is 0 Å². The van der Waals surface area contributed by atoms with Crippen LogP contribution in [0.15, 0.2) is 48.5 Å². The van der Waals surface area contributed by atoms with E-state index in [2.05, 4.69) is 6.92 Å². The lowest BCUT2D eigenvalue weighted by atomic mass is 9.95. The van der Waals surface area contributed by atoms with Crippen molar-refractivity contribution in [3.63, 3.8) is 0 Å². The van der Waals surface area contributed by atoms with Gasteiger partial charge in [-0.15, -0.1) is 0 Å². The van der Waals surface area contributed by atoms with Crippen LogP contribution in [0.1, 0.15) is 41.6 Å². The number of halogens is 3. The van der Waals surface area contributed by atoms with Crippen LogP contribution in [0.4, 0.5) is 13.2 Å². The molecule has 0 aliphatic carbocycles. The number of rotatable bonds is 4. The molecule has 0 radical (unpaired) electrons. The van der Waals surface area contributed by atoms with E-state index in [1.807, 2.05) is 24.3 Å². The van der Waals surface area contributed by atoms with Gasteiger partial charge in [-0.1, -0.05) is 49.7 Å². The van der Waals surface area contributed by atoms with Gasteiger partial charge in [0.1, 0.15) is 0 Å². The summed E-state index contributed by atoms with van der Waals surface area (Å²) in [5, 5.41) is 0. The minimum atomic E-state index is -4.35. The number of nitrogens with two attached hydrogens (primary N) is 1. The molecular weight excluding hydrogens is 275 g/mol. The number of aryl methyl sites for hydroxylation is 1. The average molecular weight is 293 g/mol. The Labute approximate surface area is 122 Å². The van der Waals surface area contributed by atoms with Crippen LogP contribution in [0.2, 0.25) is 0 Å². The second kappa shape index (κ2) is 6.31. The van der Waals surface area contributed by atoms with E-state index in [9.17, 15) is 13.2 Å². The normalized spacial score (nSPS) is 13.2. The molecule has 1 unspecified atom stereocenters. The molecule has 0 saturated carbocycles. The van der Waals surface area contributed by atoms with Crippen LogP contribution in [0.5, 0.6) is 0 Å². The molecular formula is C17H18F3N. The number of benzene rings is 2. The van der Waals surface area contributed by atoms with Gasteiger partial charge in [0.15, 0.2) is 0 Å². The molecule has 0 heterocycles. The standard InChI is InChI=1S/C17H18F3N/c1-2-5-12-6-3-7-13(10-12)16(21)14-8-4-9-15(11-14)17(18,19)20/h3-4,6-11,16H,2,5,21H2,1H3. The lowest BCUT2D eigenvalue weighted by Crippen LogP contribution is -2.14. The highest BCUT2D eigenvalue weighted by atomic mass is 19.4. The van der Waals surface area contributed by atoms with Crippen LogP contribution in [0.25, 0.3) is 0 Å². The van der Waals surface area contributed by atoms with Crippen molar-refractivity contribution in [1.82, 2.24) is 0 Å². The first-order chi connectivity index (χ1) is 9.91. The summed E-state index contributed by atoms with van der Waals surface area (Å²) >= 11 is 0. The Bertz CT molecular complexity index is 605. The zero-order chi connectivity index (χ0) is 15.5. The first-order valence-electron chi connectivity index (χ1n) is 6.93. The summed E-state index contributed by atoms with van der Waals surface area (Å²) < 4.78 is 38.3. The lowest BCUT2D eigenvalue weighted by Gasteiger charge is -2.16. The van der Waals surface area contributed by atoms with Crippen molar-refractivity contribution in [3.05, 3.63) is 70.8 Å². The lowest BCUT2D eigenvalue weighted by molar-refractivity contribution is -0.137. The van der Waals surface area contributed by atoms with Gasteiger partial charge < -0.3 is 5.73 Å². The molecule has 2 aromatic carbocycles. The maximum atomic E-state index is 12.8. The third-order valence-corrected chi connectivity index (χ3v) is 3.42. The van der Waals surface area contributed by atoms with E-state index >= 15 is 0 Å². The maximum Gasteiger partial charge on any atom is 0.416 e. The van der Waals surface area contributed by atoms with Crippen LogP contribution in [-0.2, 0) is 12.6 Å². The minimum absolute atomic E-state index is 0.471. The van der Waals surface area contributed by atoms with Crippen molar-refractivity contribution >= 4 is 0 Å². The fraction of sp³-hybridized carbons (Fsp3) is 0.294. The van der Waals surface area contributed by atoms with Crippen molar-refractivity contribution in [3.8, 4) is 0 Å². The summed E-state index contributed by atoms with van der Waals surface area (Å²) in [6.45, 7) is 2.08. The van der Waals surface area contributed by atoms with Crippen LogP contribution in [-0.4, -0.2) is 0 Å². The summed E-state index contributed by atoms with van der Waals surface area (Å²) in [5.74, 6) is 0. The maximum absolute atomic E-state index is 12.8. The molecule has 0 spiro atoms. The molecule has 0 saturated heterocycles. The van der Waals surface area contributed by atoms with Gasteiger partial charge in [-0.2, -0.15) is 13.2 Å². The Morgan fingerprint density at radius 3 is 2.24 bits per heavy atom. The molecule has 2 aromatic rings. The van der Waals surface area contributed by atoms with Gasteiger partial charge in [-0.05, 0) is 35.2 Å². The van der Waals surface area contributed by atoms with Crippen LogP contribution < -0.4 is 5.73 Å². The largest absolute Gasteiger partial charge is 0.416 e. The van der Waals surface area contributed by atoms with Crippen molar-refractivity contribution < 1.29 is 13.2 Å². The molecule has 0 amide bonds.